The Bertz CT molecular complexity index is 1430. The van der Waals surface area contributed by atoms with Crippen LogP contribution in [0.25, 0.3) is 22.4 Å². The van der Waals surface area contributed by atoms with Gasteiger partial charge in [-0.05, 0) is 50.1 Å². The van der Waals surface area contributed by atoms with Gasteiger partial charge in [-0.25, -0.2) is 19.3 Å². The van der Waals surface area contributed by atoms with Crippen LogP contribution in [0.4, 0.5) is 16.0 Å². The van der Waals surface area contributed by atoms with Gasteiger partial charge in [0, 0.05) is 30.5 Å². The van der Waals surface area contributed by atoms with E-state index in [0.29, 0.717) is 38.6 Å². The SMILES string of the molecule is COc1ncc(Cl)cc1SNc1ccc(F)c(-c2nc3cnc(NC(C)C)nc3n(C)c2=O)c1. The predicted molar refractivity (Wildman–Crippen MR) is 132 cm³/mol. The number of ether oxygens (including phenoxy) is 1. The van der Waals surface area contributed by atoms with E-state index in [2.05, 4.69) is 30.0 Å². The molecule has 0 amide bonds. The largest absolute Gasteiger partial charge is 0.480 e. The molecule has 0 saturated heterocycles. The molecule has 0 bridgehead atoms. The van der Waals surface area contributed by atoms with Crippen LogP contribution >= 0.6 is 23.5 Å². The lowest BCUT2D eigenvalue weighted by Gasteiger charge is -2.12. The molecule has 0 aliphatic carbocycles. The Balaban J connectivity index is 1.70. The molecule has 0 fully saturated rings. The highest BCUT2D eigenvalue weighted by atomic mass is 35.5. The second-order valence-electron chi connectivity index (χ2n) is 7.59. The second kappa shape index (κ2) is 9.82. The molecular weight excluding hydrogens is 481 g/mol. The molecule has 12 heteroatoms. The molecule has 4 rings (SSSR count). The van der Waals surface area contributed by atoms with Crippen LogP contribution in [-0.2, 0) is 7.05 Å². The Morgan fingerprint density at radius 2 is 1.97 bits per heavy atom. The normalized spacial score (nSPS) is 11.1. The van der Waals surface area contributed by atoms with E-state index in [4.69, 9.17) is 16.3 Å². The zero-order chi connectivity index (χ0) is 24.4. The Labute approximate surface area is 203 Å². The van der Waals surface area contributed by atoms with Crippen LogP contribution in [0.1, 0.15) is 13.8 Å². The average molecular weight is 502 g/mol. The van der Waals surface area contributed by atoms with Crippen molar-refractivity contribution >= 4 is 46.3 Å². The number of nitrogens with zero attached hydrogens (tertiary/aromatic N) is 5. The van der Waals surface area contributed by atoms with Gasteiger partial charge in [0.05, 0.1) is 23.2 Å². The second-order valence-corrected chi connectivity index (χ2v) is 8.87. The third-order valence-corrected chi connectivity index (χ3v) is 5.76. The lowest BCUT2D eigenvalue weighted by Crippen LogP contribution is -2.23. The fraction of sp³-hybridized carbons (Fsp3) is 0.227. The van der Waals surface area contributed by atoms with Gasteiger partial charge in [0.25, 0.3) is 5.56 Å². The van der Waals surface area contributed by atoms with E-state index < -0.39 is 11.4 Å². The minimum atomic E-state index is -0.583. The number of methoxy groups -OCH3 is 1. The molecule has 0 unspecified atom stereocenters. The number of halogens is 2. The first-order valence-corrected chi connectivity index (χ1v) is 11.4. The van der Waals surface area contributed by atoms with Crippen LogP contribution in [0.3, 0.4) is 0 Å². The maximum atomic E-state index is 14.8. The Morgan fingerprint density at radius 3 is 2.71 bits per heavy atom. The van der Waals surface area contributed by atoms with Gasteiger partial charge < -0.3 is 14.8 Å². The monoisotopic (exact) mass is 501 g/mol. The Morgan fingerprint density at radius 1 is 1.18 bits per heavy atom. The fourth-order valence-electron chi connectivity index (χ4n) is 3.14. The van der Waals surface area contributed by atoms with Crippen LogP contribution in [0, 0.1) is 5.82 Å². The molecule has 0 aliphatic rings. The van der Waals surface area contributed by atoms with Gasteiger partial charge in [0.15, 0.2) is 5.65 Å². The summed E-state index contributed by atoms with van der Waals surface area (Å²) in [5, 5.41) is 3.53. The van der Waals surface area contributed by atoms with E-state index in [0.717, 1.165) is 0 Å². The summed E-state index contributed by atoms with van der Waals surface area (Å²) in [6, 6.07) is 6.14. The minimum absolute atomic E-state index is 0.0451. The summed E-state index contributed by atoms with van der Waals surface area (Å²) in [4.78, 5) is 30.8. The van der Waals surface area contributed by atoms with Crippen molar-refractivity contribution < 1.29 is 9.13 Å². The molecule has 3 aromatic heterocycles. The molecule has 34 heavy (non-hydrogen) atoms. The quantitative estimate of drug-likeness (QED) is 0.353. The van der Waals surface area contributed by atoms with Gasteiger partial charge in [0.1, 0.15) is 17.0 Å². The summed E-state index contributed by atoms with van der Waals surface area (Å²) in [7, 11) is 3.07. The molecular formula is C22H21ClFN7O2S. The molecule has 0 spiro atoms. The number of rotatable bonds is 7. The van der Waals surface area contributed by atoms with Crippen molar-refractivity contribution in [1.82, 2.24) is 24.5 Å². The zero-order valence-corrected chi connectivity index (χ0v) is 20.3. The molecule has 1 aromatic carbocycles. The number of aromatic nitrogens is 5. The van der Waals surface area contributed by atoms with Crippen LogP contribution in [0.2, 0.25) is 5.02 Å². The summed E-state index contributed by atoms with van der Waals surface area (Å²) < 4.78 is 24.5. The Kier molecular flexibility index (Phi) is 6.85. The van der Waals surface area contributed by atoms with Crippen molar-refractivity contribution in [3.05, 3.63) is 57.9 Å². The van der Waals surface area contributed by atoms with E-state index in [1.165, 1.54) is 48.2 Å². The van der Waals surface area contributed by atoms with Crippen molar-refractivity contribution in [3.8, 4) is 17.1 Å². The molecule has 0 saturated carbocycles. The summed E-state index contributed by atoms with van der Waals surface area (Å²) in [5.41, 5.74) is 0.780. The summed E-state index contributed by atoms with van der Waals surface area (Å²) >= 11 is 7.22. The van der Waals surface area contributed by atoms with Gasteiger partial charge >= 0.3 is 0 Å². The molecule has 0 atom stereocenters. The van der Waals surface area contributed by atoms with E-state index in [1.54, 1.807) is 19.2 Å². The lowest BCUT2D eigenvalue weighted by molar-refractivity contribution is 0.387. The highest BCUT2D eigenvalue weighted by Crippen LogP contribution is 2.32. The first-order chi connectivity index (χ1) is 16.3. The number of hydrogen-bond acceptors (Lipinski definition) is 9. The van der Waals surface area contributed by atoms with Gasteiger partial charge in [-0.2, -0.15) is 4.98 Å². The van der Waals surface area contributed by atoms with Gasteiger partial charge in [-0.1, -0.05) is 11.6 Å². The highest BCUT2D eigenvalue weighted by Gasteiger charge is 2.17. The lowest BCUT2D eigenvalue weighted by atomic mass is 10.1. The third kappa shape index (κ3) is 4.90. The van der Waals surface area contributed by atoms with Gasteiger partial charge in [0.2, 0.25) is 11.8 Å². The van der Waals surface area contributed by atoms with Crippen LogP contribution in [-0.4, -0.2) is 37.7 Å². The first kappa shape index (κ1) is 23.7. The summed E-state index contributed by atoms with van der Waals surface area (Å²) in [6.45, 7) is 3.91. The molecule has 9 nitrogen and oxygen atoms in total. The van der Waals surface area contributed by atoms with Crippen molar-refractivity contribution in [2.75, 3.05) is 17.1 Å². The molecule has 2 N–H and O–H groups in total. The highest BCUT2D eigenvalue weighted by molar-refractivity contribution is 8.00. The number of nitrogens with one attached hydrogen (secondary N) is 2. The molecule has 3 heterocycles. The van der Waals surface area contributed by atoms with Crippen LogP contribution in [0.15, 0.2) is 46.3 Å². The van der Waals surface area contributed by atoms with Crippen molar-refractivity contribution in [3.63, 3.8) is 0 Å². The number of aryl methyl sites for hydroxylation is 1. The maximum Gasteiger partial charge on any atom is 0.278 e. The third-order valence-electron chi connectivity index (χ3n) is 4.70. The number of fused-ring (bicyclic) bond motifs is 1. The smallest absolute Gasteiger partial charge is 0.278 e. The Hall–Kier alpha value is -3.44. The van der Waals surface area contributed by atoms with Crippen molar-refractivity contribution in [2.45, 2.75) is 24.8 Å². The van der Waals surface area contributed by atoms with Crippen LogP contribution < -0.4 is 20.3 Å². The van der Waals surface area contributed by atoms with Crippen molar-refractivity contribution in [2.24, 2.45) is 7.05 Å². The summed E-state index contributed by atoms with van der Waals surface area (Å²) in [6.07, 6.45) is 2.98. The van der Waals surface area contributed by atoms with Crippen LogP contribution in [0.5, 0.6) is 5.88 Å². The first-order valence-electron chi connectivity index (χ1n) is 10.2. The molecule has 0 radical (unpaired) electrons. The molecule has 4 aromatic rings. The number of hydrogen-bond donors (Lipinski definition) is 2. The number of pyridine rings is 1. The van der Waals surface area contributed by atoms with Gasteiger partial charge in [-0.3, -0.25) is 9.36 Å². The van der Waals surface area contributed by atoms with Crippen molar-refractivity contribution in [1.29, 1.82) is 0 Å². The van der Waals surface area contributed by atoms with E-state index in [1.807, 2.05) is 13.8 Å². The maximum absolute atomic E-state index is 14.8. The molecule has 176 valence electrons. The predicted octanol–water partition coefficient (Wildman–Crippen LogP) is 4.53. The van der Waals surface area contributed by atoms with E-state index >= 15 is 0 Å². The number of benzene rings is 1. The number of anilines is 2. The fourth-order valence-corrected chi connectivity index (χ4v) is 4.12. The summed E-state index contributed by atoms with van der Waals surface area (Å²) in [5.74, 6) is 0.188. The minimum Gasteiger partial charge on any atom is -0.480 e. The zero-order valence-electron chi connectivity index (χ0n) is 18.8. The van der Waals surface area contributed by atoms with Gasteiger partial charge in [-0.15, -0.1) is 0 Å². The average Bonchev–Trinajstić information content (AvgIpc) is 2.81. The van der Waals surface area contributed by atoms with E-state index in [9.17, 15) is 9.18 Å². The standard InChI is InChI=1S/C22H21ClFN7O2S/c1-11(2)27-22-26-10-16-19(29-22)31(3)21(32)18(28-16)14-8-13(5-6-15(14)24)30-34-17-7-12(23)9-25-20(17)33-4/h5-11,30H,1-4H3,(H,26,27,29). The topological polar surface area (TPSA) is 107 Å². The van der Waals surface area contributed by atoms with E-state index in [-0.39, 0.29) is 17.3 Å². The molecule has 0 aliphatic heterocycles.